The van der Waals surface area contributed by atoms with Crippen LogP contribution < -0.4 is 0 Å². The van der Waals surface area contributed by atoms with E-state index in [2.05, 4.69) is 65.1 Å². The molecule has 0 spiro atoms. The van der Waals surface area contributed by atoms with Gasteiger partial charge >= 0.3 is 0 Å². The number of pyridine rings is 2. The molecular weight excluding hydrogens is 454 g/mol. The van der Waals surface area contributed by atoms with Crippen LogP contribution in [0.2, 0.25) is 0 Å². The zero-order chi connectivity index (χ0) is 24.3. The molecule has 0 amide bonds. The van der Waals surface area contributed by atoms with Gasteiger partial charge in [0.05, 0.1) is 27.8 Å². The van der Waals surface area contributed by atoms with E-state index < -0.39 is 0 Å². The van der Waals surface area contributed by atoms with Crippen molar-refractivity contribution in [2.75, 3.05) is 0 Å². The lowest BCUT2D eigenvalue weighted by Gasteiger charge is -2.12. The van der Waals surface area contributed by atoms with E-state index in [1.807, 2.05) is 54.6 Å². The molecule has 8 rings (SSSR count). The van der Waals surface area contributed by atoms with Gasteiger partial charge in [-0.25, -0.2) is 19.9 Å². The van der Waals surface area contributed by atoms with E-state index in [0.717, 1.165) is 66.3 Å². The van der Waals surface area contributed by atoms with Crippen LogP contribution in [0.1, 0.15) is 0 Å². The molecule has 0 saturated carbocycles. The first-order chi connectivity index (χ1) is 18.3. The van der Waals surface area contributed by atoms with Gasteiger partial charge in [-0.05, 0) is 30.3 Å². The van der Waals surface area contributed by atoms with Gasteiger partial charge in [0.25, 0.3) is 0 Å². The number of benzene rings is 4. The molecule has 0 aliphatic carbocycles. The minimum Gasteiger partial charge on any atom is -0.290 e. The Bertz CT molecular complexity index is 2150. The number of para-hydroxylation sites is 3. The van der Waals surface area contributed by atoms with Crippen LogP contribution in [0, 0.1) is 0 Å². The molecule has 0 unspecified atom stereocenters. The molecule has 0 aliphatic rings. The summed E-state index contributed by atoms with van der Waals surface area (Å²) in [4.78, 5) is 20.0. The molecule has 37 heavy (non-hydrogen) atoms. The Morgan fingerprint density at radius 2 is 1.24 bits per heavy atom. The zero-order valence-corrected chi connectivity index (χ0v) is 19.7. The van der Waals surface area contributed by atoms with Crippen LogP contribution in [0.3, 0.4) is 0 Å². The van der Waals surface area contributed by atoms with Gasteiger partial charge < -0.3 is 0 Å². The Labute approximate surface area is 211 Å². The van der Waals surface area contributed by atoms with Crippen LogP contribution >= 0.6 is 0 Å². The van der Waals surface area contributed by atoms with Gasteiger partial charge in [-0.2, -0.15) is 0 Å². The van der Waals surface area contributed by atoms with Crippen molar-refractivity contribution in [1.29, 1.82) is 0 Å². The lowest BCUT2D eigenvalue weighted by atomic mass is 10.0. The van der Waals surface area contributed by atoms with Gasteiger partial charge in [0.2, 0.25) is 0 Å². The van der Waals surface area contributed by atoms with Crippen LogP contribution in [-0.2, 0) is 0 Å². The SMILES string of the molecule is c1ccc(-c2nc(-c3cc4nc5nc6ccccc6cc5n4c4ccccc34)nc3ccccc23)cc1. The maximum atomic E-state index is 5.13. The summed E-state index contributed by atoms with van der Waals surface area (Å²) in [6.45, 7) is 0. The van der Waals surface area contributed by atoms with Gasteiger partial charge in [-0.1, -0.05) is 84.9 Å². The average Bonchev–Trinajstić information content (AvgIpc) is 3.32. The third-order valence-electron chi connectivity index (χ3n) is 6.97. The minimum absolute atomic E-state index is 0.682. The minimum atomic E-state index is 0.682. The van der Waals surface area contributed by atoms with Gasteiger partial charge in [-0.3, -0.25) is 4.40 Å². The maximum Gasteiger partial charge on any atom is 0.179 e. The Kier molecular flexibility index (Phi) is 4.16. The summed E-state index contributed by atoms with van der Waals surface area (Å²) in [6.07, 6.45) is 0. The Morgan fingerprint density at radius 3 is 2.14 bits per heavy atom. The van der Waals surface area contributed by atoms with Crippen LogP contribution in [0.15, 0.2) is 115 Å². The first-order valence-corrected chi connectivity index (χ1v) is 12.3. The molecule has 8 aromatic rings. The fourth-order valence-corrected chi connectivity index (χ4v) is 5.27. The highest BCUT2D eigenvalue weighted by Gasteiger charge is 2.17. The smallest absolute Gasteiger partial charge is 0.179 e. The monoisotopic (exact) mass is 473 g/mol. The molecule has 0 fully saturated rings. The number of aromatic nitrogens is 5. The molecule has 172 valence electrons. The zero-order valence-electron chi connectivity index (χ0n) is 19.7. The summed E-state index contributed by atoms with van der Waals surface area (Å²) >= 11 is 0. The summed E-state index contributed by atoms with van der Waals surface area (Å²) in [6, 6.07) is 39.3. The molecule has 0 N–H and O–H groups in total. The molecule has 0 saturated heterocycles. The quantitative estimate of drug-likeness (QED) is 0.261. The predicted octanol–water partition coefficient (Wildman–Crippen LogP) is 7.47. The molecule has 4 aromatic heterocycles. The second kappa shape index (κ2) is 7.67. The third-order valence-corrected chi connectivity index (χ3v) is 6.97. The van der Waals surface area contributed by atoms with E-state index in [-0.39, 0.29) is 0 Å². The van der Waals surface area contributed by atoms with Crippen molar-refractivity contribution in [3.05, 3.63) is 115 Å². The molecule has 0 atom stereocenters. The number of fused-ring (bicyclic) bond motifs is 7. The first-order valence-electron chi connectivity index (χ1n) is 12.3. The second-order valence-electron chi connectivity index (χ2n) is 9.18. The Hall–Kier alpha value is -5.16. The summed E-state index contributed by atoms with van der Waals surface area (Å²) in [7, 11) is 0. The van der Waals surface area contributed by atoms with Gasteiger partial charge in [-0.15, -0.1) is 0 Å². The molecule has 4 aromatic carbocycles. The third kappa shape index (κ3) is 3.04. The normalized spacial score (nSPS) is 11.8. The lowest BCUT2D eigenvalue weighted by molar-refractivity contribution is 1.22. The summed E-state index contributed by atoms with van der Waals surface area (Å²) in [5, 5.41) is 3.19. The molecule has 0 radical (unpaired) electrons. The highest BCUT2D eigenvalue weighted by molar-refractivity contribution is 6.02. The van der Waals surface area contributed by atoms with E-state index in [1.54, 1.807) is 0 Å². The van der Waals surface area contributed by atoms with Crippen LogP contribution in [0.4, 0.5) is 0 Å². The predicted molar refractivity (Wildman–Crippen MR) is 149 cm³/mol. The van der Waals surface area contributed by atoms with E-state index in [9.17, 15) is 0 Å². The summed E-state index contributed by atoms with van der Waals surface area (Å²) in [5.41, 5.74) is 8.38. The van der Waals surface area contributed by atoms with Gasteiger partial charge in [0.1, 0.15) is 5.65 Å². The number of hydrogen-bond acceptors (Lipinski definition) is 4. The van der Waals surface area contributed by atoms with Crippen molar-refractivity contribution in [2.45, 2.75) is 0 Å². The number of hydrogen-bond donors (Lipinski definition) is 0. The van der Waals surface area contributed by atoms with Gasteiger partial charge in [0.15, 0.2) is 11.5 Å². The van der Waals surface area contributed by atoms with Crippen LogP contribution in [0.25, 0.3) is 72.2 Å². The van der Waals surface area contributed by atoms with Gasteiger partial charge in [0, 0.05) is 27.3 Å². The summed E-state index contributed by atoms with van der Waals surface area (Å²) in [5.74, 6) is 0.682. The topological polar surface area (TPSA) is 56.0 Å². The second-order valence-corrected chi connectivity index (χ2v) is 9.18. The molecule has 0 bridgehead atoms. The number of rotatable bonds is 2. The van der Waals surface area contributed by atoms with Crippen molar-refractivity contribution in [2.24, 2.45) is 0 Å². The first kappa shape index (κ1) is 20.1. The average molecular weight is 474 g/mol. The van der Waals surface area contributed by atoms with Crippen molar-refractivity contribution < 1.29 is 0 Å². The molecule has 4 heterocycles. The number of nitrogens with zero attached hydrogens (tertiary/aromatic N) is 5. The Morgan fingerprint density at radius 1 is 0.514 bits per heavy atom. The largest absolute Gasteiger partial charge is 0.290 e. The van der Waals surface area contributed by atoms with Crippen molar-refractivity contribution >= 4 is 49.5 Å². The van der Waals surface area contributed by atoms with Crippen molar-refractivity contribution in [3.8, 4) is 22.6 Å². The van der Waals surface area contributed by atoms with E-state index >= 15 is 0 Å². The van der Waals surface area contributed by atoms with Crippen LogP contribution in [0.5, 0.6) is 0 Å². The fourth-order valence-electron chi connectivity index (χ4n) is 5.27. The van der Waals surface area contributed by atoms with E-state index in [1.165, 1.54) is 0 Å². The van der Waals surface area contributed by atoms with Crippen molar-refractivity contribution in [3.63, 3.8) is 0 Å². The maximum absolute atomic E-state index is 5.13. The molecule has 5 heteroatoms. The van der Waals surface area contributed by atoms with E-state index in [0.29, 0.717) is 5.82 Å². The van der Waals surface area contributed by atoms with E-state index in [4.69, 9.17) is 19.9 Å². The van der Waals surface area contributed by atoms with Crippen molar-refractivity contribution in [1.82, 2.24) is 24.3 Å². The molecule has 0 aliphatic heterocycles. The highest BCUT2D eigenvalue weighted by Crippen LogP contribution is 2.34. The Balaban J connectivity index is 1.48. The molecule has 5 nitrogen and oxygen atoms in total. The lowest BCUT2D eigenvalue weighted by Crippen LogP contribution is -1.98. The highest BCUT2D eigenvalue weighted by atomic mass is 15.1. The molecular formula is C32H19N5. The standard InChI is InChI=1S/C32H19N5/c1-2-10-20(11-3-1)30-23-14-5-8-16-26(23)34-31(36-30)24-19-29-35-32-28(18-21-12-4-7-15-25(21)33-32)37(29)27-17-9-6-13-22(24)27/h1-19H. The fraction of sp³-hybridized carbons (Fsp3) is 0. The van der Waals surface area contributed by atoms with Crippen LogP contribution in [-0.4, -0.2) is 24.3 Å². The summed E-state index contributed by atoms with van der Waals surface area (Å²) < 4.78 is 2.19. The number of imidazole rings is 1.